The predicted molar refractivity (Wildman–Crippen MR) is 127 cm³/mol. The monoisotopic (exact) mass is 471 g/mol. The van der Waals surface area contributed by atoms with Gasteiger partial charge in [0.05, 0.1) is 18.1 Å². The molecule has 1 saturated carbocycles. The molecule has 184 valence electrons. The van der Waals surface area contributed by atoms with E-state index in [9.17, 15) is 14.0 Å². The van der Waals surface area contributed by atoms with Crippen molar-refractivity contribution in [2.75, 3.05) is 5.32 Å². The molecule has 34 heavy (non-hydrogen) atoms. The first kappa shape index (κ1) is 24.2. The Hall–Kier alpha value is -2.97. The molecule has 0 aromatic carbocycles. The number of amides is 2. The summed E-state index contributed by atoms with van der Waals surface area (Å²) in [6.07, 6.45) is 6.04. The fraction of sp³-hybridized carbons (Fsp3) is 0.600. The zero-order chi connectivity index (χ0) is 24.7. The molecule has 0 unspecified atom stereocenters. The van der Waals surface area contributed by atoms with Crippen molar-refractivity contribution in [2.45, 2.75) is 84.9 Å². The molecule has 0 spiro atoms. The molecule has 1 aliphatic carbocycles. The molecule has 0 saturated heterocycles. The maximum atomic E-state index is 14.7. The zero-order valence-corrected chi connectivity index (χ0v) is 20.6. The van der Waals surface area contributed by atoms with Crippen LogP contribution >= 0.6 is 0 Å². The van der Waals surface area contributed by atoms with E-state index >= 15 is 0 Å². The van der Waals surface area contributed by atoms with Crippen molar-refractivity contribution >= 4 is 17.8 Å². The smallest absolute Gasteiger partial charge is 0.407 e. The third kappa shape index (κ3) is 5.56. The van der Waals surface area contributed by atoms with Gasteiger partial charge in [-0.25, -0.2) is 19.2 Å². The number of aromatic nitrogens is 3. The van der Waals surface area contributed by atoms with Gasteiger partial charge in [0.15, 0.2) is 5.82 Å². The van der Waals surface area contributed by atoms with Crippen LogP contribution in [-0.4, -0.2) is 38.2 Å². The van der Waals surface area contributed by atoms with E-state index in [-0.39, 0.29) is 23.3 Å². The number of nitrogens with zero attached hydrogens (tertiary/aromatic N) is 3. The van der Waals surface area contributed by atoms with Crippen molar-refractivity contribution in [1.29, 1.82) is 0 Å². The average molecular weight is 472 g/mol. The van der Waals surface area contributed by atoms with Crippen LogP contribution in [0.3, 0.4) is 0 Å². The van der Waals surface area contributed by atoms with Gasteiger partial charge in [-0.1, -0.05) is 20.3 Å². The Morgan fingerprint density at radius 1 is 1.21 bits per heavy atom. The van der Waals surface area contributed by atoms with Crippen molar-refractivity contribution in [3.8, 4) is 11.3 Å². The van der Waals surface area contributed by atoms with Crippen molar-refractivity contribution < 1.29 is 18.7 Å². The van der Waals surface area contributed by atoms with Gasteiger partial charge in [-0.05, 0) is 51.5 Å². The number of alkyl carbamates (subject to hydrolysis) is 1. The van der Waals surface area contributed by atoms with Crippen LogP contribution in [0.25, 0.3) is 11.3 Å². The Morgan fingerprint density at radius 3 is 2.71 bits per heavy atom. The summed E-state index contributed by atoms with van der Waals surface area (Å²) in [5.74, 6) is 0.332. The molecule has 0 bridgehead atoms. The van der Waals surface area contributed by atoms with Crippen LogP contribution < -0.4 is 10.6 Å². The normalized spacial score (nSPS) is 21.6. The molecule has 1 aliphatic heterocycles. The molecule has 2 atom stereocenters. The summed E-state index contributed by atoms with van der Waals surface area (Å²) in [6, 6.07) is 1.44. The number of hydrogen-bond acceptors (Lipinski definition) is 5. The lowest BCUT2D eigenvalue weighted by molar-refractivity contribution is -0.121. The number of rotatable bonds is 4. The van der Waals surface area contributed by atoms with E-state index in [0.717, 1.165) is 44.2 Å². The first-order valence-electron chi connectivity index (χ1n) is 11.9. The molecular formula is C25H34FN5O3. The summed E-state index contributed by atoms with van der Waals surface area (Å²) in [6.45, 7) is 10.5. The van der Waals surface area contributed by atoms with Crippen molar-refractivity contribution in [3.63, 3.8) is 0 Å². The van der Waals surface area contributed by atoms with E-state index in [1.165, 1.54) is 0 Å². The minimum absolute atomic E-state index is 0.0732. The molecule has 4 rings (SSSR count). The highest BCUT2D eigenvalue weighted by Crippen LogP contribution is 2.36. The number of nitrogens with one attached hydrogen (secondary N) is 2. The van der Waals surface area contributed by atoms with Gasteiger partial charge >= 0.3 is 6.09 Å². The Kier molecular flexibility index (Phi) is 6.40. The number of halogens is 1. The highest BCUT2D eigenvalue weighted by atomic mass is 19.1. The van der Waals surface area contributed by atoms with E-state index in [4.69, 9.17) is 4.74 Å². The van der Waals surface area contributed by atoms with Crippen LogP contribution in [0.1, 0.15) is 66.1 Å². The first-order valence-corrected chi connectivity index (χ1v) is 11.9. The molecule has 2 aromatic rings. The highest BCUT2D eigenvalue weighted by Gasteiger charge is 2.33. The minimum Gasteiger partial charge on any atom is -0.444 e. The lowest BCUT2D eigenvalue weighted by Gasteiger charge is -2.30. The third-order valence-electron chi connectivity index (χ3n) is 6.31. The maximum Gasteiger partial charge on any atom is 0.407 e. The Bertz CT molecular complexity index is 1090. The summed E-state index contributed by atoms with van der Waals surface area (Å²) in [5, 5.41) is 5.72. The molecule has 9 heteroatoms. The lowest BCUT2D eigenvalue weighted by atomic mass is 9.85. The highest BCUT2D eigenvalue weighted by molar-refractivity contribution is 5.92. The molecule has 3 heterocycles. The summed E-state index contributed by atoms with van der Waals surface area (Å²) >= 11 is 0. The van der Waals surface area contributed by atoms with Crippen LogP contribution in [0.4, 0.5) is 15.0 Å². The molecule has 8 nitrogen and oxygen atoms in total. The summed E-state index contributed by atoms with van der Waals surface area (Å²) < 4.78 is 22.1. The Morgan fingerprint density at radius 2 is 1.97 bits per heavy atom. The van der Waals surface area contributed by atoms with Crippen LogP contribution in [-0.2, 0) is 22.5 Å². The lowest BCUT2D eigenvalue weighted by Crippen LogP contribution is -2.43. The summed E-state index contributed by atoms with van der Waals surface area (Å²) in [7, 11) is 0. The number of anilines is 1. The summed E-state index contributed by atoms with van der Waals surface area (Å²) in [5.41, 5.74) is 0.557. The van der Waals surface area contributed by atoms with Gasteiger partial charge in [0.1, 0.15) is 17.2 Å². The fourth-order valence-electron chi connectivity index (χ4n) is 4.82. The van der Waals surface area contributed by atoms with E-state index in [1.54, 1.807) is 12.3 Å². The second-order valence-electron chi connectivity index (χ2n) is 11.2. The number of carbonyl (C=O) groups excluding carboxylic acids is 2. The van der Waals surface area contributed by atoms with Crippen molar-refractivity contribution in [3.05, 3.63) is 30.1 Å². The quantitative estimate of drug-likeness (QED) is 0.674. The van der Waals surface area contributed by atoms with Gasteiger partial charge in [-0.2, -0.15) is 0 Å². The fourth-order valence-corrected chi connectivity index (χ4v) is 4.82. The van der Waals surface area contributed by atoms with Gasteiger partial charge in [-0.3, -0.25) is 4.79 Å². The van der Waals surface area contributed by atoms with Crippen LogP contribution in [0, 0.1) is 17.2 Å². The van der Waals surface area contributed by atoms with E-state index < -0.39 is 17.5 Å². The molecule has 2 N–H and O–H groups in total. The largest absolute Gasteiger partial charge is 0.444 e. The summed E-state index contributed by atoms with van der Waals surface area (Å²) in [4.78, 5) is 33.6. The number of imidazole rings is 1. The standard InChI is InChI=1S/C25H34FN5O3/c1-24(2,3)34-23(33)29-16-8-6-7-15(9-16)22(32)30-20-10-17(18(26)12-27-20)19-13-28-21-11-25(4,5)14-31(19)21/h10,12-13,15-16H,6-9,11,14H2,1-5H3,(H,29,33)(H,27,30,32)/t15-,16+/m0/s1. The van der Waals surface area contributed by atoms with Gasteiger partial charge in [0.2, 0.25) is 5.91 Å². The molecular weight excluding hydrogens is 437 g/mol. The molecule has 1 fully saturated rings. The predicted octanol–water partition coefficient (Wildman–Crippen LogP) is 4.69. The van der Waals surface area contributed by atoms with Crippen LogP contribution in [0.2, 0.25) is 0 Å². The Labute approximate surface area is 199 Å². The second-order valence-corrected chi connectivity index (χ2v) is 11.2. The Balaban J connectivity index is 1.43. The second kappa shape index (κ2) is 9.00. The molecule has 2 aromatic heterocycles. The molecule has 2 aliphatic rings. The number of ether oxygens (including phenoxy) is 1. The topological polar surface area (TPSA) is 98.1 Å². The van der Waals surface area contributed by atoms with E-state index in [1.807, 2.05) is 25.3 Å². The van der Waals surface area contributed by atoms with Crippen LogP contribution in [0.15, 0.2) is 18.5 Å². The maximum absolute atomic E-state index is 14.7. The number of carbonyl (C=O) groups is 2. The number of pyridine rings is 1. The van der Waals surface area contributed by atoms with Gasteiger partial charge in [0, 0.05) is 30.5 Å². The molecule has 2 amide bonds. The zero-order valence-electron chi connectivity index (χ0n) is 20.6. The van der Waals surface area contributed by atoms with Gasteiger partial charge in [0.25, 0.3) is 0 Å². The van der Waals surface area contributed by atoms with E-state index in [2.05, 4.69) is 34.4 Å². The average Bonchev–Trinajstić information content (AvgIpc) is 3.23. The van der Waals surface area contributed by atoms with Crippen molar-refractivity contribution in [2.24, 2.45) is 11.3 Å². The first-order chi connectivity index (χ1) is 15.9. The molecule has 0 radical (unpaired) electrons. The van der Waals surface area contributed by atoms with Crippen LogP contribution in [0.5, 0.6) is 0 Å². The van der Waals surface area contributed by atoms with E-state index in [0.29, 0.717) is 23.5 Å². The number of hydrogen-bond donors (Lipinski definition) is 2. The minimum atomic E-state index is -0.577. The van der Waals surface area contributed by atoms with Gasteiger partial charge in [-0.15, -0.1) is 0 Å². The van der Waals surface area contributed by atoms with Crippen molar-refractivity contribution in [1.82, 2.24) is 19.9 Å². The third-order valence-corrected chi connectivity index (χ3v) is 6.31. The number of fused-ring (bicyclic) bond motifs is 1. The van der Waals surface area contributed by atoms with Gasteiger partial charge < -0.3 is 19.9 Å². The SMILES string of the molecule is CC1(C)Cc2ncc(-c3cc(NC(=O)[C@H]4CCC[C@@H](NC(=O)OC(C)(C)C)C4)ncc3F)n2C1.